The van der Waals surface area contributed by atoms with E-state index < -0.39 is 6.04 Å². The molecule has 0 saturated carbocycles. The molecule has 3 rings (SSSR count). The van der Waals surface area contributed by atoms with Crippen LogP contribution in [0.2, 0.25) is 0 Å². The topological polar surface area (TPSA) is 75.4 Å². The summed E-state index contributed by atoms with van der Waals surface area (Å²) >= 11 is 0. The normalized spacial score (nSPS) is 14.0. The number of para-hydroxylation sites is 1. The van der Waals surface area contributed by atoms with Gasteiger partial charge >= 0.3 is 0 Å². The van der Waals surface area contributed by atoms with Gasteiger partial charge in [-0.3, -0.25) is 9.59 Å². The molecule has 1 aliphatic heterocycles. The lowest BCUT2D eigenvalue weighted by Crippen LogP contribution is -2.36. The molecule has 3 N–H and O–H groups in total. The number of halogens is 1. The van der Waals surface area contributed by atoms with E-state index >= 15 is 0 Å². The summed E-state index contributed by atoms with van der Waals surface area (Å²) in [5.41, 5.74) is 9.81. The number of benzene rings is 2. The first-order chi connectivity index (χ1) is 13.4. The van der Waals surface area contributed by atoms with E-state index in [1.54, 1.807) is 0 Å². The van der Waals surface area contributed by atoms with Crippen molar-refractivity contribution in [3.63, 3.8) is 0 Å². The minimum atomic E-state index is -0.513. The van der Waals surface area contributed by atoms with Crippen molar-refractivity contribution in [3.8, 4) is 0 Å². The number of rotatable bonds is 6. The molecule has 5 nitrogen and oxygen atoms in total. The molecule has 0 fully saturated rings. The number of hydrogen-bond donors (Lipinski definition) is 2. The van der Waals surface area contributed by atoms with Crippen LogP contribution < -0.4 is 16.0 Å². The number of nitrogens with one attached hydrogen (secondary N) is 1. The molecule has 0 bridgehead atoms. The summed E-state index contributed by atoms with van der Waals surface area (Å²) in [4.78, 5) is 26.9. The van der Waals surface area contributed by atoms with E-state index in [9.17, 15) is 9.59 Å². The van der Waals surface area contributed by atoms with E-state index in [0.717, 1.165) is 30.6 Å². The number of hydrogen-bond acceptors (Lipinski definition) is 3. The molecule has 1 aliphatic rings. The molecular weight excluding hydrogens is 386 g/mol. The Morgan fingerprint density at radius 3 is 2.48 bits per heavy atom. The lowest BCUT2D eigenvalue weighted by atomic mass is 10.0. The highest BCUT2D eigenvalue weighted by atomic mass is 35.5. The highest BCUT2D eigenvalue weighted by Crippen LogP contribution is 2.27. The molecule has 0 saturated heterocycles. The van der Waals surface area contributed by atoms with Gasteiger partial charge in [0.15, 0.2) is 0 Å². The lowest BCUT2D eigenvalue weighted by molar-refractivity contribution is -0.118. The van der Waals surface area contributed by atoms with Gasteiger partial charge in [-0.2, -0.15) is 0 Å². The first kappa shape index (κ1) is 22.9. The third-order valence-electron chi connectivity index (χ3n) is 5.05. The molecule has 2 aromatic rings. The minimum absolute atomic E-state index is 0. The Labute approximate surface area is 179 Å². The van der Waals surface area contributed by atoms with E-state index in [1.807, 2.05) is 61.2 Å². The van der Waals surface area contributed by atoms with Crippen LogP contribution in [0.3, 0.4) is 0 Å². The van der Waals surface area contributed by atoms with Gasteiger partial charge in [-0.25, -0.2) is 0 Å². The maximum atomic E-state index is 12.8. The van der Waals surface area contributed by atoms with Gasteiger partial charge in [0.2, 0.25) is 11.8 Å². The lowest BCUT2D eigenvalue weighted by Gasteiger charge is -2.29. The van der Waals surface area contributed by atoms with Crippen LogP contribution in [0.4, 0.5) is 11.4 Å². The Bertz CT molecular complexity index is 836. The first-order valence-electron chi connectivity index (χ1n) is 9.97. The molecule has 2 amide bonds. The summed E-state index contributed by atoms with van der Waals surface area (Å²) in [5.74, 6) is 0.291. The average Bonchev–Trinajstić information content (AvgIpc) is 2.68. The molecule has 0 aliphatic carbocycles. The Hall–Kier alpha value is -2.37. The maximum absolute atomic E-state index is 12.8. The summed E-state index contributed by atoms with van der Waals surface area (Å²) in [6.07, 6.45) is 3.00. The Balaban J connectivity index is 0.00000300. The van der Waals surface area contributed by atoms with Crippen molar-refractivity contribution >= 4 is 35.6 Å². The van der Waals surface area contributed by atoms with Crippen LogP contribution in [0.5, 0.6) is 0 Å². The highest BCUT2D eigenvalue weighted by Gasteiger charge is 2.22. The van der Waals surface area contributed by atoms with E-state index in [-0.39, 0.29) is 24.2 Å². The van der Waals surface area contributed by atoms with Crippen molar-refractivity contribution in [3.05, 3.63) is 59.7 Å². The van der Waals surface area contributed by atoms with Crippen molar-refractivity contribution in [1.82, 2.24) is 0 Å². The second-order valence-corrected chi connectivity index (χ2v) is 7.88. The largest absolute Gasteiger partial charge is 0.325 e. The molecule has 156 valence electrons. The van der Waals surface area contributed by atoms with Crippen molar-refractivity contribution in [2.75, 3.05) is 16.8 Å². The first-order valence-corrected chi connectivity index (χ1v) is 9.97. The third-order valence-corrected chi connectivity index (χ3v) is 5.05. The van der Waals surface area contributed by atoms with E-state index in [4.69, 9.17) is 5.73 Å². The predicted molar refractivity (Wildman–Crippen MR) is 121 cm³/mol. The molecule has 1 atom stereocenters. The van der Waals surface area contributed by atoms with Gasteiger partial charge < -0.3 is 16.0 Å². The summed E-state index contributed by atoms with van der Waals surface area (Å²) < 4.78 is 0. The Morgan fingerprint density at radius 1 is 1.10 bits per heavy atom. The number of aryl methyl sites for hydroxylation is 1. The molecule has 0 radical (unpaired) electrons. The zero-order valence-corrected chi connectivity index (χ0v) is 17.9. The number of nitrogens with two attached hydrogens (primary N) is 1. The molecule has 0 spiro atoms. The summed E-state index contributed by atoms with van der Waals surface area (Å²) in [6, 6.07) is 15.0. The van der Waals surface area contributed by atoms with Gasteiger partial charge in [-0.1, -0.05) is 44.2 Å². The zero-order valence-electron chi connectivity index (χ0n) is 17.1. The van der Waals surface area contributed by atoms with Crippen LogP contribution in [0.1, 0.15) is 37.8 Å². The average molecular weight is 416 g/mol. The SMILES string of the molecule is CC(C)C[C@H](N)C(=O)Nc1ccc(CC(=O)N2CCCc3ccccc32)cc1.Cl. The van der Waals surface area contributed by atoms with Gasteiger partial charge in [0.05, 0.1) is 12.5 Å². The van der Waals surface area contributed by atoms with Gasteiger partial charge in [-0.15, -0.1) is 12.4 Å². The molecular formula is C23H30ClN3O2. The quantitative estimate of drug-likeness (QED) is 0.750. The predicted octanol–water partition coefficient (Wildman–Crippen LogP) is 3.94. The molecule has 0 unspecified atom stereocenters. The van der Waals surface area contributed by atoms with Crippen LogP contribution in [-0.2, 0) is 22.4 Å². The monoisotopic (exact) mass is 415 g/mol. The van der Waals surface area contributed by atoms with Crippen molar-refractivity contribution in [1.29, 1.82) is 0 Å². The number of anilines is 2. The molecule has 0 aromatic heterocycles. The molecule has 6 heteroatoms. The fraction of sp³-hybridized carbons (Fsp3) is 0.391. The Morgan fingerprint density at radius 2 is 1.79 bits per heavy atom. The number of amides is 2. The van der Waals surface area contributed by atoms with E-state index in [2.05, 4.69) is 11.4 Å². The number of nitrogens with zero attached hydrogens (tertiary/aromatic N) is 1. The van der Waals surface area contributed by atoms with Crippen LogP contribution in [0.15, 0.2) is 48.5 Å². The highest BCUT2D eigenvalue weighted by molar-refractivity contribution is 5.96. The molecule has 29 heavy (non-hydrogen) atoms. The molecule has 2 aromatic carbocycles. The molecule has 1 heterocycles. The number of fused-ring (bicyclic) bond motifs is 1. The van der Waals surface area contributed by atoms with Gasteiger partial charge in [-0.05, 0) is 54.5 Å². The van der Waals surface area contributed by atoms with Crippen LogP contribution in [0, 0.1) is 5.92 Å². The van der Waals surface area contributed by atoms with Crippen LogP contribution >= 0.6 is 12.4 Å². The fourth-order valence-electron chi connectivity index (χ4n) is 3.62. The van der Waals surface area contributed by atoms with Crippen LogP contribution in [-0.4, -0.2) is 24.4 Å². The minimum Gasteiger partial charge on any atom is -0.325 e. The van der Waals surface area contributed by atoms with Gasteiger partial charge in [0, 0.05) is 17.9 Å². The van der Waals surface area contributed by atoms with Crippen molar-refractivity contribution in [2.45, 2.75) is 45.6 Å². The van der Waals surface area contributed by atoms with Crippen molar-refractivity contribution in [2.24, 2.45) is 11.7 Å². The zero-order chi connectivity index (χ0) is 20.1. The number of carbonyl (C=O) groups excluding carboxylic acids is 2. The van der Waals surface area contributed by atoms with Crippen LogP contribution in [0.25, 0.3) is 0 Å². The summed E-state index contributed by atoms with van der Waals surface area (Å²) in [5, 5.41) is 2.84. The van der Waals surface area contributed by atoms with E-state index in [1.165, 1.54) is 5.56 Å². The third kappa shape index (κ3) is 6.05. The smallest absolute Gasteiger partial charge is 0.241 e. The second-order valence-electron chi connectivity index (χ2n) is 7.88. The van der Waals surface area contributed by atoms with Gasteiger partial charge in [0.1, 0.15) is 0 Å². The standard InChI is InChI=1S/C23H29N3O2.ClH/c1-16(2)14-20(24)23(28)25-19-11-9-17(10-12-19)15-22(27)26-13-5-7-18-6-3-4-8-21(18)26;/h3-4,6,8-12,16,20H,5,7,13-15,24H2,1-2H3,(H,25,28);1H/t20-;/m0./s1. The summed E-state index contributed by atoms with van der Waals surface area (Å²) in [6.45, 7) is 4.84. The van der Waals surface area contributed by atoms with E-state index in [0.29, 0.717) is 24.4 Å². The summed E-state index contributed by atoms with van der Waals surface area (Å²) in [7, 11) is 0. The fourth-order valence-corrected chi connectivity index (χ4v) is 3.62. The number of carbonyl (C=O) groups is 2. The second kappa shape index (κ2) is 10.4. The maximum Gasteiger partial charge on any atom is 0.241 e. The Kier molecular flexibility index (Phi) is 8.23. The van der Waals surface area contributed by atoms with Crippen molar-refractivity contribution < 1.29 is 9.59 Å². The van der Waals surface area contributed by atoms with Gasteiger partial charge in [0.25, 0.3) is 0 Å².